The predicted octanol–water partition coefficient (Wildman–Crippen LogP) is 3.06. The second-order valence-corrected chi connectivity index (χ2v) is 5.27. The van der Waals surface area contributed by atoms with Crippen LogP contribution in [0.3, 0.4) is 0 Å². The van der Waals surface area contributed by atoms with E-state index in [1.165, 1.54) is 16.7 Å². The summed E-state index contributed by atoms with van der Waals surface area (Å²) in [5.41, 5.74) is 4.03. The minimum absolute atomic E-state index is 0.341. The van der Waals surface area contributed by atoms with Crippen LogP contribution in [0.2, 0.25) is 6.04 Å². The molecule has 0 amide bonds. The van der Waals surface area contributed by atoms with Crippen molar-refractivity contribution in [2.24, 2.45) is 0 Å². The second-order valence-electron chi connectivity index (χ2n) is 3.19. The average molecular weight is 211 g/mol. The zero-order valence-electron chi connectivity index (χ0n) is 8.18. The number of aryl methyl sites for hydroxylation is 2. The summed E-state index contributed by atoms with van der Waals surface area (Å²) in [5.74, 6) is 0. The quantitative estimate of drug-likeness (QED) is 0.532. The van der Waals surface area contributed by atoms with Gasteiger partial charge in [-0.1, -0.05) is 30.4 Å². The summed E-state index contributed by atoms with van der Waals surface area (Å²) in [7, 11) is -0.341. The maximum atomic E-state index is 5.73. The van der Waals surface area contributed by atoms with Crippen molar-refractivity contribution in [3.05, 3.63) is 41.0 Å². The number of rotatable bonds is 3. The lowest BCUT2D eigenvalue weighted by molar-refractivity contribution is 1.35. The van der Waals surface area contributed by atoms with Crippen molar-refractivity contribution in [1.82, 2.24) is 0 Å². The van der Waals surface area contributed by atoms with Crippen LogP contribution in [0, 0.1) is 13.8 Å². The third-order valence-corrected chi connectivity index (χ3v) is 3.31. The van der Waals surface area contributed by atoms with Gasteiger partial charge in [-0.15, -0.1) is 0 Å². The molecule has 0 aliphatic rings. The fourth-order valence-corrected chi connectivity index (χ4v) is 2.03. The molecule has 0 saturated carbocycles. The number of allylic oxidation sites excluding steroid dienone is 1. The third-order valence-electron chi connectivity index (χ3n) is 2.10. The van der Waals surface area contributed by atoms with Gasteiger partial charge in [-0.05, 0) is 36.6 Å². The summed E-state index contributed by atoms with van der Waals surface area (Å²) in [6.45, 7) is 4.29. The van der Waals surface area contributed by atoms with Crippen LogP contribution < -0.4 is 0 Å². The van der Waals surface area contributed by atoms with Gasteiger partial charge in [0.25, 0.3) is 0 Å². The number of hydrogen-bond donors (Lipinski definition) is 0. The molecule has 0 aliphatic heterocycles. The maximum Gasteiger partial charge on any atom is 0.129 e. The molecule has 0 spiro atoms. The van der Waals surface area contributed by atoms with Gasteiger partial charge in [0.05, 0.1) is 0 Å². The van der Waals surface area contributed by atoms with Crippen molar-refractivity contribution >= 4 is 26.0 Å². The van der Waals surface area contributed by atoms with Crippen LogP contribution in [0.5, 0.6) is 0 Å². The van der Waals surface area contributed by atoms with Gasteiger partial charge in [0, 0.05) is 0 Å². The third kappa shape index (κ3) is 3.01. The standard InChI is InChI=1S/C11H15ClSi/c1-9-5-3-6-10(2)11(9)7-4-8-13-12/h3-7H,8,13H2,1-2H3. The van der Waals surface area contributed by atoms with E-state index in [0.717, 1.165) is 6.04 Å². The van der Waals surface area contributed by atoms with Crippen LogP contribution in [0.1, 0.15) is 16.7 Å². The highest BCUT2D eigenvalue weighted by molar-refractivity contribution is 6.93. The SMILES string of the molecule is Cc1cccc(C)c1C=CC[SiH2]Cl. The van der Waals surface area contributed by atoms with Crippen LogP contribution in [0.15, 0.2) is 24.3 Å². The summed E-state index contributed by atoms with van der Waals surface area (Å²) in [6, 6.07) is 7.46. The van der Waals surface area contributed by atoms with Crippen molar-refractivity contribution in [1.29, 1.82) is 0 Å². The lowest BCUT2D eigenvalue weighted by Gasteiger charge is -2.03. The highest BCUT2D eigenvalue weighted by Gasteiger charge is 1.96. The molecule has 0 saturated heterocycles. The van der Waals surface area contributed by atoms with E-state index in [1.54, 1.807) is 0 Å². The minimum Gasteiger partial charge on any atom is -0.176 e. The molecule has 0 nitrogen and oxygen atoms in total. The van der Waals surface area contributed by atoms with E-state index < -0.39 is 0 Å². The van der Waals surface area contributed by atoms with Gasteiger partial charge in [-0.2, -0.15) is 11.1 Å². The Morgan fingerprint density at radius 3 is 2.46 bits per heavy atom. The first-order valence-corrected chi connectivity index (χ1v) is 7.68. The Morgan fingerprint density at radius 1 is 1.31 bits per heavy atom. The molecule has 0 aliphatic carbocycles. The summed E-state index contributed by atoms with van der Waals surface area (Å²) in [4.78, 5) is 0. The summed E-state index contributed by atoms with van der Waals surface area (Å²) in [5, 5.41) is 0. The topological polar surface area (TPSA) is 0 Å². The zero-order chi connectivity index (χ0) is 9.68. The Kier molecular flexibility index (Phi) is 4.26. The number of halogens is 1. The van der Waals surface area contributed by atoms with Crippen molar-refractivity contribution in [2.45, 2.75) is 19.9 Å². The van der Waals surface area contributed by atoms with E-state index in [1.807, 2.05) is 0 Å². The molecule has 70 valence electrons. The Labute approximate surface area is 87.1 Å². The fourth-order valence-electron chi connectivity index (χ4n) is 1.35. The number of benzene rings is 1. The summed E-state index contributed by atoms with van der Waals surface area (Å²) in [6.07, 6.45) is 4.38. The monoisotopic (exact) mass is 210 g/mol. The Balaban J connectivity index is 2.87. The van der Waals surface area contributed by atoms with Crippen molar-refractivity contribution < 1.29 is 0 Å². The first-order chi connectivity index (χ1) is 6.25. The van der Waals surface area contributed by atoms with Crippen molar-refractivity contribution in [3.8, 4) is 0 Å². The molecule has 0 atom stereocenters. The molecule has 0 heterocycles. The average Bonchev–Trinajstić information content (AvgIpc) is 2.10. The summed E-state index contributed by atoms with van der Waals surface area (Å²) < 4.78 is 0. The van der Waals surface area contributed by atoms with E-state index in [4.69, 9.17) is 11.1 Å². The Hall–Kier alpha value is -0.533. The highest BCUT2D eigenvalue weighted by atomic mass is 35.6. The van der Waals surface area contributed by atoms with Crippen LogP contribution in [-0.4, -0.2) is 8.83 Å². The zero-order valence-corrected chi connectivity index (χ0v) is 10.3. The molecule has 0 aromatic heterocycles. The molecule has 0 N–H and O–H groups in total. The normalized spacial score (nSPS) is 11.9. The number of hydrogen-bond acceptors (Lipinski definition) is 0. The van der Waals surface area contributed by atoms with Gasteiger partial charge < -0.3 is 0 Å². The van der Waals surface area contributed by atoms with Gasteiger partial charge in [-0.3, -0.25) is 0 Å². The molecular formula is C11H15ClSi. The van der Waals surface area contributed by atoms with Crippen molar-refractivity contribution in [3.63, 3.8) is 0 Å². The smallest absolute Gasteiger partial charge is 0.129 e. The molecule has 0 radical (unpaired) electrons. The van der Waals surface area contributed by atoms with E-state index in [-0.39, 0.29) is 8.83 Å². The van der Waals surface area contributed by atoms with Gasteiger partial charge in [-0.25, -0.2) is 0 Å². The molecule has 1 aromatic rings. The van der Waals surface area contributed by atoms with E-state index in [9.17, 15) is 0 Å². The van der Waals surface area contributed by atoms with Crippen LogP contribution >= 0.6 is 11.1 Å². The maximum absolute atomic E-state index is 5.73. The lowest BCUT2D eigenvalue weighted by atomic mass is 10.0. The molecular weight excluding hydrogens is 196 g/mol. The van der Waals surface area contributed by atoms with Crippen LogP contribution in [0.25, 0.3) is 6.08 Å². The minimum atomic E-state index is -0.341. The molecule has 0 unspecified atom stereocenters. The lowest BCUT2D eigenvalue weighted by Crippen LogP contribution is -1.84. The molecule has 1 aromatic carbocycles. The van der Waals surface area contributed by atoms with E-state index in [0.29, 0.717) is 0 Å². The first-order valence-electron chi connectivity index (χ1n) is 4.54. The van der Waals surface area contributed by atoms with E-state index >= 15 is 0 Å². The van der Waals surface area contributed by atoms with Crippen LogP contribution in [0.4, 0.5) is 0 Å². The highest BCUT2D eigenvalue weighted by Crippen LogP contribution is 2.15. The largest absolute Gasteiger partial charge is 0.176 e. The van der Waals surface area contributed by atoms with Crippen molar-refractivity contribution in [2.75, 3.05) is 0 Å². The van der Waals surface area contributed by atoms with E-state index in [2.05, 4.69) is 44.2 Å². The molecule has 0 fully saturated rings. The van der Waals surface area contributed by atoms with Gasteiger partial charge in [0.2, 0.25) is 0 Å². The molecule has 1 rings (SSSR count). The van der Waals surface area contributed by atoms with Gasteiger partial charge in [0.1, 0.15) is 8.83 Å². The molecule has 0 bridgehead atoms. The van der Waals surface area contributed by atoms with Gasteiger partial charge >= 0.3 is 0 Å². The molecule has 13 heavy (non-hydrogen) atoms. The van der Waals surface area contributed by atoms with Crippen LogP contribution in [-0.2, 0) is 0 Å². The summed E-state index contributed by atoms with van der Waals surface area (Å²) >= 11 is 5.73. The Bertz CT molecular complexity index is 285. The first kappa shape index (κ1) is 10.5. The van der Waals surface area contributed by atoms with Gasteiger partial charge in [0.15, 0.2) is 0 Å². The fraction of sp³-hybridized carbons (Fsp3) is 0.273. The Morgan fingerprint density at radius 2 is 1.92 bits per heavy atom. The molecule has 2 heteroatoms. The predicted molar refractivity (Wildman–Crippen MR) is 64.2 cm³/mol. The second kappa shape index (κ2) is 5.25.